The zero-order valence-corrected chi connectivity index (χ0v) is 9.99. The van der Waals surface area contributed by atoms with Gasteiger partial charge in [-0.3, -0.25) is 4.98 Å². The van der Waals surface area contributed by atoms with Gasteiger partial charge in [-0.05, 0) is 13.3 Å². The number of aromatic nitrogens is 2. The molecule has 1 aromatic rings. The molecule has 0 aliphatic rings. The Kier molecular flexibility index (Phi) is 4.34. The van der Waals surface area contributed by atoms with Gasteiger partial charge in [0, 0.05) is 20.1 Å². The largest absolute Gasteiger partial charge is 0.372 e. The average Bonchev–Trinajstić information content (AvgIpc) is 2.28. The lowest BCUT2D eigenvalue weighted by atomic mass is 10.2. The lowest BCUT2D eigenvalue weighted by Gasteiger charge is -2.25. The molecule has 0 radical (unpaired) electrons. The summed E-state index contributed by atoms with van der Waals surface area (Å²) in [5.74, 6) is 1.73. The Morgan fingerprint density at radius 3 is 2.80 bits per heavy atom. The van der Waals surface area contributed by atoms with E-state index in [0.29, 0.717) is 6.04 Å². The zero-order valence-electron chi connectivity index (χ0n) is 9.99. The van der Waals surface area contributed by atoms with Crippen LogP contribution in [-0.4, -0.2) is 30.1 Å². The molecule has 1 N–H and O–H groups in total. The molecule has 1 unspecified atom stereocenters. The standard InChI is InChI=1S/C11H20N4/c1-5-6-9(2)15(4)11-8-13-7-10(12-3)14-11/h7-9H,5-6H2,1-4H3,(H,12,14). The first-order valence-corrected chi connectivity index (χ1v) is 5.41. The number of nitrogens with zero attached hydrogens (tertiary/aromatic N) is 3. The van der Waals surface area contributed by atoms with Gasteiger partial charge in [-0.2, -0.15) is 0 Å². The highest BCUT2D eigenvalue weighted by molar-refractivity contribution is 5.43. The molecule has 0 spiro atoms. The van der Waals surface area contributed by atoms with Crippen molar-refractivity contribution in [3.63, 3.8) is 0 Å². The molecule has 4 heteroatoms. The third-order valence-electron chi connectivity index (χ3n) is 2.61. The van der Waals surface area contributed by atoms with E-state index in [9.17, 15) is 0 Å². The fourth-order valence-electron chi connectivity index (χ4n) is 1.48. The molecule has 0 fully saturated rings. The second kappa shape index (κ2) is 5.53. The third-order valence-corrected chi connectivity index (χ3v) is 2.61. The van der Waals surface area contributed by atoms with E-state index in [1.807, 2.05) is 7.05 Å². The van der Waals surface area contributed by atoms with Crippen molar-refractivity contribution < 1.29 is 0 Å². The first-order chi connectivity index (χ1) is 7.19. The lowest BCUT2D eigenvalue weighted by molar-refractivity contribution is 0.610. The van der Waals surface area contributed by atoms with Gasteiger partial charge in [-0.1, -0.05) is 13.3 Å². The first kappa shape index (κ1) is 11.8. The van der Waals surface area contributed by atoms with Crippen molar-refractivity contribution >= 4 is 11.6 Å². The fraction of sp³-hybridized carbons (Fsp3) is 0.636. The topological polar surface area (TPSA) is 41.1 Å². The maximum absolute atomic E-state index is 4.45. The minimum atomic E-state index is 0.497. The molecule has 0 aromatic carbocycles. The van der Waals surface area contributed by atoms with Gasteiger partial charge >= 0.3 is 0 Å². The quantitative estimate of drug-likeness (QED) is 0.805. The van der Waals surface area contributed by atoms with Gasteiger partial charge in [0.2, 0.25) is 0 Å². The van der Waals surface area contributed by atoms with Gasteiger partial charge in [-0.25, -0.2) is 4.98 Å². The van der Waals surface area contributed by atoms with Crippen molar-refractivity contribution in [3.8, 4) is 0 Å². The van der Waals surface area contributed by atoms with E-state index in [1.165, 1.54) is 12.8 Å². The Hall–Kier alpha value is -1.32. The first-order valence-electron chi connectivity index (χ1n) is 5.41. The molecule has 0 aliphatic carbocycles. The molecule has 0 aliphatic heterocycles. The van der Waals surface area contributed by atoms with Crippen LogP contribution in [0.25, 0.3) is 0 Å². The predicted octanol–water partition coefficient (Wildman–Crippen LogP) is 2.14. The summed E-state index contributed by atoms with van der Waals surface area (Å²) in [6, 6.07) is 0.497. The Morgan fingerprint density at radius 1 is 1.47 bits per heavy atom. The highest BCUT2D eigenvalue weighted by atomic mass is 15.2. The maximum Gasteiger partial charge on any atom is 0.149 e. The molecular formula is C11H20N4. The molecule has 4 nitrogen and oxygen atoms in total. The summed E-state index contributed by atoms with van der Waals surface area (Å²) < 4.78 is 0. The van der Waals surface area contributed by atoms with Crippen LogP contribution in [0.2, 0.25) is 0 Å². The molecule has 1 atom stereocenters. The fourth-order valence-corrected chi connectivity index (χ4v) is 1.48. The molecular weight excluding hydrogens is 188 g/mol. The Labute approximate surface area is 91.7 Å². The van der Waals surface area contributed by atoms with Gasteiger partial charge in [0.25, 0.3) is 0 Å². The van der Waals surface area contributed by atoms with E-state index in [1.54, 1.807) is 12.4 Å². The molecule has 1 rings (SSSR count). The van der Waals surface area contributed by atoms with Gasteiger partial charge in [0.15, 0.2) is 0 Å². The van der Waals surface area contributed by atoms with Crippen LogP contribution in [0, 0.1) is 0 Å². The third kappa shape index (κ3) is 3.08. The van der Waals surface area contributed by atoms with E-state index < -0.39 is 0 Å². The minimum Gasteiger partial charge on any atom is -0.372 e. The Balaban J connectivity index is 2.76. The number of nitrogens with one attached hydrogen (secondary N) is 1. The van der Waals surface area contributed by atoms with E-state index in [2.05, 4.69) is 41.1 Å². The second-order valence-corrected chi connectivity index (χ2v) is 3.76. The summed E-state index contributed by atoms with van der Waals surface area (Å²) in [6.45, 7) is 4.40. The molecule has 1 heterocycles. The van der Waals surface area contributed by atoms with Crippen LogP contribution in [0.1, 0.15) is 26.7 Å². The van der Waals surface area contributed by atoms with Gasteiger partial charge < -0.3 is 10.2 Å². The number of rotatable bonds is 5. The van der Waals surface area contributed by atoms with Crippen molar-refractivity contribution in [1.82, 2.24) is 9.97 Å². The Bertz CT molecular complexity index is 300. The van der Waals surface area contributed by atoms with Crippen molar-refractivity contribution in [2.45, 2.75) is 32.7 Å². The van der Waals surface area contributed by atoms with Gasteiger partial charge in [0.05, 0.1) is 12.4 Å². The van der Waals surface area contributed by atoms with Gasteiger partial charge in [-0.15, -0.1) is 0 Å². The number of hydrogen-bond donors (Lipinski definition) is 1. The second-order valence-electron chi connectivity index (χ2n) is 3.76. The smallest absolute Gasteiger partial charge is 0.149 e. The highest BCUT2D eigenvalue weighted by Gasteiger charge is 2.10. The summed E-state index contributed by atoms with van der Waals surface area (Å²) in [7, 11) is 3.91. The lowest BCUT2D eigenvalue weighted by Crippen LogP contribution is -2.29. The van der Waals surface area contributed by atoms with Crippen molar-refractivity contribution in [2.24, 2.45) is 0 Å². The van der Waals surface area contributed by atoms with Crippen LogP contribution in [0.3, 0.4) is 0 Å². The summed E-state index contributed by atoms with van der Waals surface area (Å²) in [4.78, 5) is 10.8. The van der Waals surface area contributed by atoms with Crippen molar-refractivity contribution in [1.29, 1.82) is 0 Å². The van der Waals surface area contributed by atoms with Crippen molar-refractivity contribution in [2.75, 3.05) is 24.3 Å². The van der Waals surface area contributed by atoms with Crippen LogP contribution in [0.15, 0.2) is 12.4 Å². The maximum atomic E-state index is 4.45. The molecule has 1 aromatic heterocycles. The summed E-state index contributed by atoms with van der Waals surface area (Å²) in [5, 5.41) is 2.99. The predicted molar refractivity (Wildman–Crippen MR) is 64.4 cm³/mol. The zero-order chi connectivity index (χ0) is 11.3. The normalized spacial score (nSPS) is 12.3. The molecule has 0 saturated carbocycles. The average molecular weight is 208 g/mol. The minimum absolute atomic E-state index is 0.497. The Morgan fingerprint density at radius 2 is 2.20 bits per heavy atom. The highest BCUT2D eigenvalue weighted by Crippen LogP contribution is 2.15. The van der Waals surface area contributed by atoms with Crippen LogP contribution >= 0.6 is 0 Å². The van der Waals surface area contributed by atoms with E-state index in [-0.39, 0.29) is 0 Å². The summed E-state index contributed by atoms with van der Waals surface area (Å²) >= 11 is 0. The van der Waals surface area contributed by atoms with Crippen LogP contribution < -0.4 is 10.2 Å². The van der Waals surface area contributed by atoms with Gasteiger partial charge in [0.1, 0.15) is 11.6 Å². The molecule has 0 amide bonds. The van der Waals surface area contributed by atoms with E-state index in [4.69, 9.17) is 0 Å². The molecule has 0 bridgehead atoms. The SMILES string of the molecule is CCCC(C)N(C)c1cncc(NC)n1. The van der Waals surface area contributed by atoms with E-state index in [0.717, 1.165) is 11.6 Å². The molecule has 15 heavy (non-hydrogen) atoms. The van der Waals surface area contributed by atoms with Crippen LogP contribution in [0.5, 0.6) is 0 Å². The number of hydrogen-bond acceptors (Lipinski definition) is 4. The van der Waals surface area contributed by atoms with Crippen LogP contribution in [-0.2, 0) is 0 Å². The van der Waals surface area contributed by atoms with E-state index >= 15 is 0 Å². The van der Waals surface area contributed by atoms with Crippen molar-refractivity contribution in [3.05, 3.63) is 12.4 Å². The summed E-state index contributed by atoms with van der Waals surface area (Å²) in [5.41, 5.74) is 0. The van der Waals surface area contributed by atoms with Crippen LogP contribution in [0.4, 0.5) is 11.6 Å². The number of anilines is 2. The molecule has 0 saturated heterocycles. The monoisotopic (exact) mass is 208 g/mol. The molecule has 84 valence electrons. The summed E-state index contributed by atoms with van der Waals surface area (Å²) in [6.07, 6.45) is 5.88.